The van der Waals surface area contributed by atoms with Crippen molar-refractivity contribution >= 4 is 17.8 Å². The van der Waals surface area contributed by atoms with E-state index in [1.807, 2.05) is 55.5 Å². The molecule has 0 saturated carbocycles. The smallest absolute Gasteiger partial charge is 0.344 e. The quantitative estimate of drug-likeness (QED) is 0.242. The summed E-state index contributed by atoms with van der Waals surface area (Å²) >= 11 is 0. The van der Waals surface area contributed by atoms with Crippen molar-refractivity contribution in [3.05, 3.63) is 83.9 Å². The van der Waals surface area contributed by atoms with Gasteiger partial charge in [-0.2, -0.15) is 4.68 Å². The van der Waals surface area contributed by atoms with Gasteiger partial charge in [0.2, 0.25) is 11.8 Å². The largest absolute Gasteiger partial charge is 0.508 e. The predicted molar refractivity (Wildman–Crippen MR) is 154 cm³/mol. The number of hydrogen-bond donors (Lipinski definition) is 3. The molecule has 1 aliphatic heterocycles. The number of likely N-dealkylation sites (tertiary alicyclic amines) is 1. The molecule has 11 nitrogen and oxygen atoms in total. The Morgan fingerprint density at radius 2 is 1.62 bits per heavy atom. The van der Waals surface area contributed by atoms with Crippen LogP contribution in [0.1, 0.15) is 48.5 Å². The average Bonchev–Trinajstić information content (AvgIpc) is 3.66. The van der Waals surface area contributed by atoms with Crippen LogP contribution in [0.2, 0.25) is 0 Å². The van der Waals surface area contributed by atoms with Crippen molar-refractivity contribution in [2.75, 3.05) is 6.54 Å². The van der Waals surface area contributed by atoms with Gasteiger partial charge in [-0.1, -0.05) is 67.6 Å². The van der Waals surface area contributed by atoms with E-state index in [-0.39, 0.29) is 30.5 Å². The van der Waals surface area contributed by atoms with Crippen LogP contribution >= 0.6 is 0 Å². The number of phenols is 1. The number of carboxylic acids is 1. The lowest BCUT2D eigenvalue weighted by atomic mass is 9.98. The summed E-state index contributed by atoms with van der Waals surface area (Å²) in [5.41, 5.74) is 2.48. The van der Waals surface area contributed by atoms with E-state index in [4.69, 9.17) is 0 Å². The molecule has 216 valence electrons. The van der Waals surface area contributed by atoms with E-state index in [0.29, 0.717) is 43.6 Å². The minimum Gasteiger partial charge on any atom is -0.508 e. The normalized spacial score (nSPS) is 16.5. The summed E-state index contributed by atoms with van der Waals surface area (Å²) in [4.78, 5) is 39.7. The molecule has 3 aromatic carbocycles. The lowest BCUT2D eigenvalue weighted by Gasteiger charge is -2.35. The van der Waals surface area contributed by atoms with E-state index in [1.165, 1.54) is 21.7 Å². The fourth-order valence-electron chi connectivity index (χ4n) is 5.35. The maximum Gasteiger partial charge on any atom is 0.344 e. The van der Waals surface area contributed by atoms with Gasteiger partial charge < -0.3 is 15.1 Å². The molecule has 1 aliphatic rings. The molecule has 2 heterocycles. The summed E-state index contributed by atoms with van der Waals surface area (Å²) in [6.07, 6.45) is 1.91. The van der Waals surface area contributed by atoms with Crippen LogP contribution < -0.4 is 5.32 Å². The first-order valence-corrected chi connectivity index (χ1v) is 13.9. The molecular formula is C31H32N6O5. The molecule has 0 radical (unpaired) electrons. The fraction of sp³-hybridized carbons (Fsp3) is 0.290. The van der Waals surface area contributed by atoms with E-state index < -0.39 is 11.6 Å². The molecule has 1 saturated heterocycles. The number of carbonyl (C=O) groups excluding carboxylic acids is 2. The van der Waals surface area contributed by atoms with E-state index in [0.717, 1.165) is 22.3 Å². The molecule has 5 rings (SSSR count). The Kier molecular flexibility index (Phi) is 8.39. The number of amides is 1. The van der Waals surface area contributed by atoms with Crippen molar-refractivity contribution in [2.24, 2.45) is 0 Å². The van der Waals surface area contributed by atoms with Crippen LogP contribution in [0.3, 0.4) is 0 Å². The number of carbonyl (C=O) groups is 3. The summed E-state index contributed by atoms with van der Waals surface area (Å²) in [6.45, 7) is 2.50. The molecule has 4 aromatic rings. The standard InChI is InChI=1S/C31H32N6O5/c1-2-6-27(39)37-29(33-34-35-37)26-8-4-3-7-25(26)23-13-9-22(10-14-23)20-32-31(30(41)42)17-5-18-36(31)28(40)19-21-11-15-24(38)16-12-21/h3-4,7-16,32,38H,2,5-6,17-20H2,1H3,(H,41,42). The summed E-state index contributed by atoms with van der Waals surface area (Å²) in [7, 11) is 0. The molecule has 3 N–H and O–H groups in total. The van der Waals surface area contributed by atoms with Crippen LogP contribution in [-0.4, -0.2) is 65.3 Å². The first-order valence-electron chi connectivity index (χ1n) is 13.9. The third kappa shape index (κ3) is 5.77. The molecule has 1 aromatic heterocycles. The number of phenolic OH excluding ortho intramolecular Hbond substituents is 1. The Morgan fingerprint density at radius 1 is 0.929 bits per heavy atom. The van der Waals surface area contributed by atoms with Crippen molar-refractivity contribution in [1.29, 1.82) is 0 Å². The number of benzene rings is 3. The van der Waals surface area contributed by atoms with Crippen LogP contribution in [0.4, 0.5) is 0 Å². The maximum absolute atomic E-state index is 13.2. The Morgan fingerprint density at radius 3 is 2.31 bits per heavy atom. The zero-order valence-electron chi connectivity index (χ0n) is 23.2. The van der Waals surface area contributed by atoms with E-state index in [2.05, 4.69) is 20.8 Å². The van der Waals surface area contributed by atoms with Crippen molar-refractivity contribution in [3.63, 3.8) is 0 Å². The Labute approximate surface area is 242 Å². The minimum atomic E-state index is -1.51. The topological polar surface area (TPSA) is 151 Å². The fourth-order valence-corrected chi connectivity index (χ4v) is 5.35. The number of aromatic nitrogens is 4. The minimum absolute atomic E-state index is 0.0401. The molecule has 42 heavy (non-hydrogen) atoms. The van der Waals surface area contributed by atoms with E-state index in [9.17, 15) is 24.6 Å². The van der Waals surface area contributed by atoms with Gasteiger partial charge in [0.15, 0.2) is 11.5 Å². The number of rotatable bonds is 10. The highest BCUT2D eigenvalue weighted by molar-refractivity contribution is 5.89. The third-order valence-electron chi connectivity index (χ3n) is 7.52. The molecule has 1 fully saturated rings. The summed E-state index contributed by atoms with van der Waals surface area (Å²) in [5, 5.41) is 34.7. The second kappa shape index (κ2) is 12.3. The zero-order chi connectivity index (χ0) is 29.7. The second-order valence-corrected chi connectivity index (χ2v) is 10.3. The lowest BCUT2D eigenvalue weighted by Crippen LogP contribution is -2.62. The van der Waals surface area contributed by atoms with Gasteiger partial charge in [-0.05, 0) is 64.1 Å². The van der Waals surface area contributed by atoms with Crippen molar-refractivity contribution in [3.8, 4) is 28.3 Å². The molecule has 1 atom stereocenters. The lowest BCUT2D eigenvalue weighted by molar-refractivity contribution is -0.159. The average molecular weight is 569 g/mol. The molecule has 1 amide bonds. The van der Waals surface area contributed by atoms with Crippen molar-refractivity contribution < 1.29 is 24.6 Å². The second-order valence-electron chi connectivity index (χ2n) is 10.3. The number of aliphatic carboxylic acids is 1. The number of nitrogens with one attached hydrogen (secondary N) is 1. The third-order valence-corrected chi connectivity index (χ3v) is 7.52. The van der Waals surface area contributed by atoms with Gasteiger partial charge in [-0.3, -0.25) is 14.9 Å². The van der Waals surface area contributed by atoms with Crippen LogP contribution in [0, 0.1) is 0 Å². The van der Waals surface area contributed by atoms with Gasteiger partial charge in [0, 0.05) is 25.1 Å². The van der Waals surface area contributed by atoms with Crippen molar-refractivity contribution in [1.82, 2.24) is 30.4 Å². The van der Waals surface area contributed by atoms with E-state index in [1.54, 1.807) is 12.1 Å². The van der Waals surface area contributed by atoms with Gasteiger partial charge in [0.25, 0.3) is 0 Å². The summed E-state index contributed by atoms with van der Waals surface area (Å²) in [6, 6.07) is 21.5. The van der Waals surface area contributed by atoms with Gasteiger partial charge in [-0.15, -0.1) is 5.10 Å². The number of aromatic hydroxyl groups is 1. The number of carboxylic acid groups (broad SMARTS) is 1. The van der Waals surface area contributed by atoms with Gasteiger partial charge in [-0.25, -0.2) is 4.79 Å². The molecule has 0 spiro atoms. The molecule has 0 bridgehead atoms. The Balaban J connectivity index is 1.33. The van der Waals surface area contributed by atoms with Gasteiger partial charge >= 0.3 is 5.97 Å². The molecule has 0 aliphatic carbocycles. The Bertz CT molecular complexity index is 1580. The zero-order valence-corrected chi connectivity index (χ0v) is 23.2. The first kappa shape index (κ1) is 28.6. The summed E-state index contributed by atoms with van der Waals surface area (Å²) in [5.74, 6) is -1.09. The number of tetrazole rings is 1. The molecular weight excluding hydrogens is 536 g/mol. The van der Waals surface area contributed by atoms with Gasteiger partial charge in [0.1, 0.15) is 5.75 Å². The first-order chi connectivity index (χ1) is 20.3. The van der Waals surface area contributed by atoms with Crippen LogP contribution in [0.25, 0.3) is 22.5 Å². The highest BCUT2D eigenvalue weighted by Gasteiger charge is 2.49. The van der Waals surface area contributed by atoms with E-state index >= 15 is 0 Å². The van der Waals surface area contributed by atoms with Crippen LogP contribution in [0.15, 0.2) is 72.8 Å². The maximum atomic E-state index is 13.2. The van der Waals surface area contributed by atoms with Crippen LogP contribution in [0.5, 0.6) is 5.75 Å². The monoisotopic (exact) mass is 568 g/mol. The van der Waals surface area contributed by atoms with Crippen LogP contribution in [-0.2, 0) is 22.6 Å². The molecule has 11 heteroatoms. The van der Waals surface area contributed by atoms with Gasteiger partial charge in [0.05, 0.1) is 6.42 Å². The highest BCUT2D eigenvalue weighted by Crippen LogP contribution is 2.32. The summed E-state index contributed by atoms with van der Waals surface area (Å²) < 4.78 is 1.24. The molecule has 1 unspecified atom stereocenters. The number of nitrogens with zero attached hydrogens (tertiary/aromatic N) is 5. The van der Waals surface area contributed by atoms with Crippen molar-refractivity contribution in [2.45, 2.75) is 51.2 Å². The Hall–Kier alpha value is -4.90. The predicted octanol–water partition coefficient (Wildman–Crippen LogP) is 3.89. The number of hydrogen-bond acceptors (Lipinski definition) is 8. The highest BCUT2D eigenvalue weighted by atomic mass is 16.4. The SMILES string of the molecule is CCCC(=O)n1nnnc1-c1ccccc1-c1ccc(CNC2(C(=O)O)CCCN2C(=O)Cc2ccc(O)cc2)cc1.